The quantitative estimate of drug-likeness (QED) is 0.803. The van der Waals surface area contributed by atoms with Crippen LogP contribution in [-0.2, 0) is 4.79 Å². The van der Waals surface area contributed by atoms with E-state index in [2.05, 4.69) is 0 Å². The molecule has 1 unspecified atom stereocenters. The molecule has 23 heavy (non-hydrogen) atoms. The second kappa shape index (κ2) is 5.48. The summed E-state index contributed by atoms with van der Waals surface area (Å²) in [6.07, 6.45) is 5.72. The van der Waals surface area contributed by atoms with Crippen LogP contribution in [0, 0.1) is 5.92 Å². The molecule has 0 bridgehead atoms. The zero-order valence-electron chi connectivity index (χ0n) is 13.0. The average molecular weight is 312 g/mol. The Kier molecular flexibility index (Phi) is 3.43. The largest absolute Gasteiger partial charge is 0.338 e. The Morgan fingerprint density at radius 2 is 1.65 bits per heavy atom. The number of imide groups is 1. The summed E-state index contributed by atoms with van der Waals surface area (Å²) in [4.78, 5) is 40.4. The van der Waals surface area contributed by atoms with Gasteiger partial charge in [0.2, 0.25) is 5.91 Å². The van der Waals surface area contributed by atoms with E-state index in [0.717, 1.165) is 24.3 Å². The van der Waals surface area contributed by atoms with Crippen LogP contribution < -0.4 is 0 Å². The first-order valence-electron chi connectivity index (χ1n) is 8.41. The van der Waals surface area contributed by atoms with Gasteiger partial charge in [-0.1, -0.05) is 18.6 Å². The fourth-order valence-corrected chi connectivity index (χ4v) is 4.03. The molecule has 1 saturated heterocycles. The van der Waals surface area contributed by atoms with Crippen molar-refractivity contribution in [3.05, 3.63) is 35.4 Å². The Balaban J connectivity index is 1.49. The van der Waals surface area contributed by atoms with Crippen LogP contribution in [0.4, 0.5) is 0 Å². The molecule has 0 spiro atoms. The fraction of sp³-hybridized carbons (Fsp3) is 0.500. The van der Waals surface area contributed by atoms with Crippen LogP contribution in [0.1, 0.15) is 52.8 Å². The first-order chi connectivity index (χ1) is 11.2. The molecule has 1 saturated carbocycles. The maximum Gasteiger partial charge on any atom is 0.262 e. The van der Waals surface area contributed by atoms with Gasteiger partial charge < -0.3 is 4.90 Å². The van der Waals surface area contributed by atoms with Crippen molar-refractivity contribution in [2.45, 2.75) is 38.1 Å². The average Bonchev–Trinajstić information content (AvgIpc) is 3.06. The summed E-state index contributed by atoms with van der Waals surface area (Å²) in [6.45, 7) is 0.624. The lowest BCUT2D eigenvalue weighted by molar-refractivity contribution is -0.133. The van der Waals surface area contributed by atoms with E-state index in [1.165, 1.54) is 19.3 Å². The predicted octanol–water partition coefficient (Wildman–Crippen LogP) is 2.07. The molecular formula is C18H20N2O3. The highest BCUT2D eigenvalue weighted by molar-refractivity contribution is 6.22. The molecule has 3 aliphatic rings. The van der Waals surface area contributed by atoms with Gasteiger partial charge in [0.05, 0.1) is 11.1 Å². The number of amides is 3. The van der Waals surface area contributed by atoms with E-state index in [1.807, 2.05) is 4.90 Å². The number of nitrogens with zero attached hydrogens (tertiary/aromatic N) is 2. The molecular weight excluding hydrogens is 292 g/mol. The molecule has 4 rings (SSSR count). The van der Waals surface area contributed by atoms with Gasteiger partial charge >= 0.3 is 0 Å². The third-order valence-corrected chi connectivity index (χ3v) is 5.49. The van der Waals surface area contributed by atoms with Gasteiger partial charge in [-0.15, -0.1) is 0 Å². The maximum absolute atomic E-state index is 12.7. The number of hydrogen-bond acceptors (Lipinski definition) is 3. The van der Waals surface area contributed by atoms with Crippen molar-refractivity contribution in [2.24, 2.45) is 5.92 Å². The van der Waals surface area contributed by atoms with Gasteiger partial charge in [0.15, 0.2) is 0 Å². The lowest BCUT2D eigenvalue weighted by atomic mass is 9.79. The Labute approximate surface area is 135 Å². The van der Waals surface area contributed by atoms with Crippen LogP contribution >= 0.6 is 0 Å². The second-order valence-corrected chi connectivity index (χ2v) is 6.73. The summed E-state index contributed by atoms with van der Waals surface area (Å²) in [5.74, 6) is -0.172. The Morgan fingerprint density at radius 3 is 2.22 bits per heavy atom. The summed E-state index contributed by atoms with van der Waals surface area (Å²) >= 11 is 0. The number of carbonyl (C=O) groups excluding carboxylic acids is 3. The zero-order chi connectivity index (χ0) is 16.0. The van der Waals surface area contributed by atoms with Gasteiger partial charge in [-0.25, -0.2) is 0 Å². The molecule has 2 heterocycles. The van der Waals surface area contributed by atoms with Crippen molar-refractivity contribution in [3.8, 4) is 0 Å². The number of likely N-dealkylation sites (tertiary alicyclic amines) is 1. The number of hydrogen-bond donors (Lipinski definition) is 0. The lowest BCUT2D eigenvalue weighted by Crippen LogP contribution is -2.47. The lowest BCUT2D eigenvalue weighted by Gasteiger charge is -2.37. The van der Waals surface area contributed by atoms with Gasteiger partial charge in [0.25, 0.3) is 11.8 Å². The number of fused-ring (bicyclic) bond motifs is 1. The van der Waals surface area contributed by atoms with Gasteiger partial charge in [0.1, 0.15) is 6.54 Å². The molecule has 1 atom stereocenters. The van der Waals surface area contributed by atoms with E-state index in [9.17, 15) is 14.4 Å². The molecule has 1 aromatic carbocycles. The summed E-state index contributed by atoms with van der Waals surface area (Å²) < 4.78 is 0. The highest BCUT2D eigenvalue weighted by Gasteiger charge is 2.41. The molecule has 5 heteroatoms. The minimum absolute atomic E-state index is 0.0890. The van der Waals surface area contributed by atoms with Crippen molar-refractivity contribution in [1.82, 2.24) is 9.80 Å². The Hall–Kier alpha value is -2.17. The van der Waals surface area contributed by atoms with Crippen molar-refractivity contribution < 1.29 is 14.4 Å². The Morgan fingerprint density at radius 1 is 1.00 bits per heavy atom. The molecule has 120 valence electrons. The van der Waals surface area contributed by atoms with Crippen LogP contribution in [0.2, 0.25) is 0 Å². The highest BCUT2D eigenvalue weighted by atomic mass is 16.2. The summed E-state index contributed by atoms with van der Waals surface area (Å²) in [6, 6.07) is 7.08. The maximum atomic E-state index is 12.7. The van der Waals surface area contributed by atoms with Gasteiger partial charge in [-0.05, 0) is 43.7 Å². The van der Waals surface area contributed by atoms with Crippen LogP contribution in [0.3, 0.4) is 0 Å². The molecule has 2 fully saturated rings. The smallest absolute Gasteiger partial charge is 0.262 e. The summed E-state index contributed by atoms with van der Waals surface area (Å²) in [7, 11) is 0. The predicted molar refractivity (Wildman–Crippen MR) is 83.9 cm³/mol. The fourth-order valence-electron chi connectivity index (χ4n) is 4.03. The molecule has 3 amide bonds. The van der Waals surface area contributed by atoms with Crippen molar-refractivity contribution in [3.63, 3.8) is 0 Å². The zero-order valence-corrected chi connectivity index (χ0v) is 13.0. The molecule has 2 aliphatic heterocycles. The minimum atomic E-state index is -0.349. The van der Waals surface area contributed by atoms with Crippen molar-refractivity contribution >= 4 is 17.7 Å². The topological polar surface area (TPSA) is 57.7 Å². The monoisotopic (exact) mass is 312 g/mol. The highest BCUT2D eigenvalue weighted by Crippen LogP contribution is 2.37. The SMILES string of the molecule is O=C1c2ccccc2C(=O)N1CC(=O)N1CCCC1C1CCC1. The van der Waals surface area contributed by atoms with Gasteiger partial charge in [0, 0.05) is 12.6 Å². The summed E-state index contributed by atoms with van der Waals surface area (Å²) in [5, 5.41) is 0. The van der Waals surface area contributed by atoms with Crippen LogP contribution in [0.5, 0.6) is 0 Å². The van der Waals surface area contributed by atoms with Crippen molar-refractivity contribution in [2.75, 3.05) is 13.1 Å². The number of carbonyl (C=O) groups is 3. The van der Waals surface area contributed by atoms with E-state index >= 15 is 0 Å². The van der Waals surface area contributed by atoms with E-state index in [0.29, 0.717) is 23.1 Å². The van der Waals surface area contributed by atoms with Gasteiger partial charge in [-0.2, -0.15) is 0 Å². The van der Waals surface area contributed by atoms with E-state index in [-0.39, 0.29) is 24.3 Å². The van der Waals surface area contributed by atoms with E-state index in [4.69, 9.17) is 0 Å². The van der Waals surface area contributed by atoms with Crippen LogP contribution in [0.15, 0.2) is 24.3 Å². The first-order valence-corrected chi connectivity index (χ1v) is 8.41. The third-order valence-electron chi connectivity index (χ3n) is 5.49. The standard InChI is InChI=1S/C18H20N2O3/c21-16(19-10-4-9-15(19)12-5-3-6-12)11-20-17(22)13-7-1-2-8-14(13)18(20)23/h1-2,7-8,12,15H,3-6,9-11H2. The normalized spacial score (nSPS) is 24.1. The molecule has 0 radical (unpaired) electrons. The minimum Gasteiger partial charge on any atom is -0.338 e. The first kappa shape index (κ1) is 14.4. The number of benzene rings is 1. The second-order valence-electron chi connectivity index (χ2n) is 6.73. The molecule has 1 aromatic rings. The van der Waals surface area contributed by atoms with Crippen molar-refractivity contribution in [1.29, 1.82) is 0 Å². The van der Waals surface area contributed by atoms with E-state index < -0.39 is 0 Å². The van der Waals surface area contributed by atoms with Crippen LogP contribution in [0.25, 0.3) is 0 Å². The van der Waals surface area contributed by atoms with Crippen LogP contribution in [-0.4, -0.2) is 46.7 Å². The molecule has 0 aromatic heterocycles. The third kappa shape index (κ3) is 2.26. The molecule has 0 N–H and O–H groups in total. The number of rotatable bonds is 3. The molecule has 5 nitrogen and oxygen atoms in total. The molecule has 1 aliphatic carbocycles. The van der Waals surface area contributed by atoms with Gasteiger partial charge in [-0.3, -0.25) is 19.3 Å². The summed E-state index contributed by atoms with van der Waals surface area (Å²) in [5.41, 5.74) is 0.810. The van der Waals surface area contributed by atoms with E-state index in [1.54, 1.807) is 24.3 Å². The Bertz CT molecular complexity index is 646.